The standard InChI is InChI=1S/C20H16FN3O3/c21-15-5-12(8-22)1-3-14(15)16-7-20(25,19-9-23-10-24(16)19)13-2-4-17-18(6-13)27-11-26-17/h1,3-6,9-10,13,16,25H,2,7,11H2/t13?,16-,20+/m1/s1. The highest BCUT2D eigenvalue weighted by molar-refractivity contribution is 5.38. The first kappa shape index (κ1) is 16.1. The maximum atomic E-state index is 14.6. The molecule has 0 spiro atoms. The fourth-order valence-corrected chi connectivity index (χ4v) is 4.26. The zero-order valence-corrected chi connectivity index (χ0v) is 14.3. The van der Waals surface area contributed by atoms with Crippen molar-refractivity contribution in [2.75, 3.05) is 6.79 Å². The largest absolute Gasteiger partial charge is 0.454 e. The first-order valence-electron chi connectivity index (χ1n) is 8.72. The summed E-state index contributed by atoms with van der Waals surface area (Å²) >= 11 is 0. The summed E-state index contributed by atoms with van der Waals surface area (Å²) in [5.74, 6) is 0.647. The van der Waals surface area contributed by atoms with Crippen molar-refractivity contribution in [3.63, 3.8) is 0 Å². The summed E-state index contributed by atoms with van der Waals surface area (Å²) in [5, 5.41) is 20.6. The van der Waals surface area contributed by atoms with Gasteiger partial charge in [-0.2, -0.15) is 5.26 Å². The zero-order chi connectivity index (χ0) is 18.6. The van der Waals surface area contributed by atoms with Gasteiger partial charge in [-0.1, -0.05) is 6.07 Å². The zero-order valence-electron chi connectivity index (χ0n) is 14.3. The molecular weight excluding hydrogens is 349 g/mol. The van der Waals surface area contributed by atoms with Crippen molar-refractivity contribution < 1.29 is 19.0 Å². The van der Waals surface area contributed by atoms with Gasteiger partial charge in [-0.15, -0.1) is 0 Å². The number of hydrogen-bond donors (Lipinski definition) is 1. The fraction of sp³-hybridized carbons (Fsp3) is 0.300. The van der Waals surface area contributed by atoms with Crippen molar-refractivity contribution in [2.45, 2.75) is 24.5 Å². The molecule has 1 aliphatic carbocycles. The van der Waals surface area contributed by atoms with Gasteiger partial charge in [-0.3, -0.25) is 0 Å². The Morgan fingerprint density at radius 2 is 2.19 bits per heavy atom. The molecule has 1 N–H and O–H groups in total. The molecule has 3 atom stereocenters. The molecule has 0 radical (unpaired) electrons. The van der Waals surface area contributed by atoms with Gasteiger partial charge in [0.2, 0.25) is 6.79 Å². The highest BCUT2D eigenvalue weighted by atomic mass is 19.1. The molecule has 136 valence electrons. The highest BCUT2D eigenvalue weighted by Gasteiger charge is 2.49. The summed E-state index contributed by atoms with van der Waals surface area (Å²) in [5.41, 5.74) is 0.143. The van der Waals surface area contributed by atoms with E-state index in [2.05, 4.69) is 4.98 Å². The predicted octanol–water partition coefficient (Wildman–Crippen LogP) is 2.87. The van der Waals surface area contributed by atoms with Crippen molar-refractivity contribution in [1.82, 2.24) is 9.55 Å². The summed E-state index contributed by atoms with van der Waals surface area (Å²) in [6.45, 7) is 0.180. The Labute approximate surface area is 154 Å². The van der Waals surface area contributed by atoms with Gasteiger partial charge >= 0.3 is 0 Å². The van der Waals surface area contributed by atoms with Crippen LogP contribution in [0.2, 0.25) is 0 Å². The number of nitrogens with zero attached hydrogens (tertiary/aromatic N) is 3. The number of imidazole rings is 1. The Hall–Kier alpha value is -3.11. The van der Waals surface area contributed by atoms with Gasteiger partial charge in [0.1, 0.15) is 11.4 Å². The molecule has 5 rings (SSSR count). The number of hydrogen-bond acceptors (Lipinski definition) is 5. The van der Waals surface area contributed by atoms with Crippen LogP contribution in [0, 0.1) is 23.1 Å². The molecule has 0 saturated carbocycles. The second-order valence-corrected chi connectivity index (χ2v) is 7.03. The van der Waals surface area contributed by atoms with Crippen LogP contribution in [0.3, 0.4) is 0 Å². The average Bonchev–Trinajstić information content (AvgIpc) is 3.39. The number of aliphatic hydroxyl groups is 1. The molecule has 1 aromatic carbocycles. The van der Waals surface area contributed by atoms with Crippen LogP contribution in [0.15, 0.2) is 54.4 Å². The third-order valence-electron chi connectivity index (χ3n) is 5.63. The van der Waals surface area contributed by atoms with E-state index in [9.17, 15) is 9.50 Å². The lowest BCUT2D eigenvalue weighted by Gasteiger charge is -2.31. The molecule has 2 aliphatic heterocycles. The smallest absolute Gasteiger partial charge is 0.231 e. The quantitative estimate of drug-likeness (QED) is 0.885. The molecule has 1 saturated heterocycles. The van der Waals surface area contributed by atoms with E-state index in [1.807, 2.05) is 22.8 Å². The van der Waals surface area contributed by atoms with E-state index in [4.69, 9.17) is 14.7 Å². The normalized spacial score (nSPS) is 28.3. The SMILES string of the molecule is N#Cc1ccc([C@H]2C[C@](O)(C3C=C4OCOC4=CC3)c3cncn32)c(F)c1. The van der Waals surface area contributed by atoms with Gasteiger partial charge in [0.05, 0.1) is 35.9 Å². The van der Waals surface area contributed by atoms with Crippen molar-refractivity contribution in [3.8, 4) is 6.07 Å². The lowest BCUT2D eigenvalue weighted by Crippen LogP contribution is -2.33. The Morgan fingerprint density at radius 3 is 3.00 bits per heavy atom. The molecule has 7 heteroatoms. The van der Waals surface area contributed by atoms with Crippen LogP contribution in [0.5, 0.6) is 0 Å². The summed E-state index contributed by atoms with van der Waals surface area (Å²) in [6, 6.07) is 5.97. The number of fused-ring (bicyclic) bond motifs is 2. The van der Waals surface area contributed by atoms with Crippen molar-refractivity contribution in [1.29, 1.82) is 5.26 Å². The fourth-order valence-electron chi connectivity index (χ4n) is 4.26. The maximum absolute atomic E-state index is 14.6. The van der Waals surface area contributed by atoms with Crippen LogP contribution < -0.4 is 0 Å². The second kappa shape index (κ2) is 5.69. The topological polar surface area (TPSA) is 80.3 Å². The summed E-state index contributed by atoms with van der Waals surface area (Å²) < 4.78 is 27.3. The van der Waals surface area contributed by atoms with E-state index < -0.39 is 17.5 Å². The number of nitriles is 1. The monoisotopic (exact) mass is 365 g/mol. The van der Waals surface area contributed by atoms with E-state index in [0.29, 0.717) is 35.6 Å². The summed E-state index contributed by atoms with van der Waals surface area (Å²) in [4.78, 5) is 4.18. The van der Waals surface area contributed by atoms with Gasteiger partial charge in [0.15, 0.2) is 11.5 Å². The molecule has 3 aliphatic rings. The van der Waals surface area contributed by atoms with Crippen molar-refractivity contribution in [3.05, 3.63) is 77.0 Å². The number of halogens is 1. The molecular formula is C20H16FN3O3. The van der Waals surface area contributed by atoms with Gasteiger partial charge in [0, 0.05) is 17.9 Å². The molecule has 3 heterocycles. The molecule has 6 nitrogen and oxygen atoms in total. The van der Waals surface area contributed by atoms with Crippen LogP contribution in [0.25, 0.3) is 0 Å². The minimum atomic E-state index is -1.21. The molecule has 1 unspecified atom stereocenters. The summed E-state index contributed by atoms with van der Waals surface area (Å²) in [7, 11) is 0. The first-order valence-corrected chi connectivity index (χ1v) is 8.72. The van der Waals surface area contributed by atoms with Crippen LogP contribution in [0.4, 0.5) is 4.39 Å². The average molecular weight is 365 g/mol. The third-order valence-corrected chi connectivity index (χ3v) is 5.63. The lowest BCUT2D eigenvalue weighted by atomic mass is 9.78. The van der Waals surface area contributed by atoms with Crippen LogP contribution in [-0.2, 0) is 15.1 Å². The minimum Gasteiger partial charge on any atom is -0.454 e. The van der Waals surface area contributed by atoms with E-state index in [-0.39, 0.29) is 18.3 Å². The minimum absolute atomic E-state index is 0.180. The Balaban J connectivity index is 1.54. The number of aromatic nitrogens is 2. The maximum Gasteiger partial charge on any atom is 0.231 e. The van der Waals surface area contributed by atoms with E-state index >= 15 is 0 Å². The number of rotatable bonds is 2. The number of allylic oxidation sites excluding steroid dienone is 1. The van der Waals surface area contributed by atoms with Crippen molar-refractivity contribution in [2.24, 2.45) is 5.92 Å². The van der Waals surface area contributed by atoms with E-state index in [1.165, 1.54) is 6.07 Å². The van der Waals surface area contributed by atoms with Gasteiger partial charge in [0.25, 0.3) is 0 Å². The third kappa shape index (κ3) is 2.30. The second-order valence-electron chi connectivity index (χ2n) is 7.03. The predicted molar refractivity (Wildman–Crippen MR) is 91.3 cm³/mol. The molecule has 27 heavy (non-hydrogen) atoms. The molecule has 0 amide bonds. The Morgan fingerprint density at radius 1 is 1.33 bits per heavy atom. The van der Waals surface area contributed by atoms with E-state index in [0.717, 1.165) is 0 Å². The van der Waals surface area contributed by atoms with Gasteiger partial charge < -0.3 is 19.1 Å². The molecule has 1 aromatic heterocycles. The Kier molecular flexibility index (Phi) is 3.39. The number of ether oxygens (including phenoxy) is 2. The Bertz CT molecular complexity index is 1040. The molecule has 1 fully saturated rings. The lowest BCUT2D eigenvalue weighted by molar-refractivity contribution is -0.00768. The van der Waals surface area contributed by atoms with Crippen LogP contribution in [-0.4, -0.2) is 21.5 Å². The van der Waals surface area contributed by atoms with Crippen molar-refractivity contribution >= 4 is 0 Å². The van der Waals surface area contributed by atoms with Crippen LogP contribution >= 0.6 is 0 Å². The number of benzene rings is 1. The first-order chi connectivity index (χ1) is 13.1. The van der Waals surface area contributed by atoms with E-state index in [1.54, 1.807) is 24.7 Å². The summed E-state index contributed by atoms with van der Waals surface area (Å²) in [6.07, 6.45) is 7.95. The highest BCUT2D eigenvalue weighted by Crippen LogP contribution is 2.50. The molecule has 0 bridgehead atoms. The van der Waals surface area contributed by atoms with Gasteiger partial charge in [-0.05, 0) is 30.7 Å². The van der Waals surface area contributed by atoms with Gasteiger partial charge in [-0.25, -0.2) is 9.37 Å². The molecule has 2 aromatic rings. The van der Waals surface area contributed by atoms with Crippen LogP contribution in [0.1, 0.15) is 35.7 Å².